The molecule has 134 valence electrons. The summed E-state index contributed by atoms with van der Waals surface area (Å²) in [6.07, 6.45) is -0.106. The monoisotopic (exact) mass is 352 g/mol. The topological polar surface area (TPSA) is 50.5 Å². The summed E-state index contributed by atoms with van der Waals surface area (Å²) in [4.78, 5) is 18.5. The predicted molar refractivity (Wildman–Crippen MR) is 83.8 cm³/mol. The summed E-state index contributed by atoms with van der Waals surface area (Å²) in [5.74, 6) is 0.200. The highest BCUT2D eigenvalue weighted by Crippen LogP contribution is 2.38. The fourth-order valence-electron chi connectivity index (χ4n) is 3.55. The van der Waals surface area contributed by atoms with Crippen molar-refractivity contribution in [3.05, 3.63) is 29.2 Å². The van der Waals surface area contributed by atoms with E-state index < -0.39 is 11.9 Å². The number of hydrogen-bond acceptors (Lipinski definition) is 3. The molecule has 4 rings (SSSR count). The van der Waals surface area contributed by atoms with E-state index >= 15 is 0 Å². The van der Waals surface area contributed by atoms with Crippen LogP contribution in [0.25, 0.3) is 5.65 Å². The van der Waals surface area contributed by atoms with Gasteiger partial charge in [0.05, 0.1) is 11.7 Å². The van der Waals surface area contributed by atoms with Crippen LogP contribution in [0.4, 0.5) is 13.2 Å². The minimum atomic E-state index is -4.51. The van der Waals surface area contributed by atoms with Crippen LogP contribution in [0.5, 0.6) is 0 Å². The standard InChI is InChI=1S/C17H19F3N4O/c1-10-8-14(17(18,19)20)24-15(21-10)9-12(22-24)13-4-2-3-7-23(13)16(25)11-5-6-11/h8-9,11,13H,2-7H2,1H3/t13-/m0/s1. The number of aryl methyl sites for hydroxylation is 1. The van der Waals surface area contributed by atoms with E-state index in [1.165, 1.54) is 6.92 Å². The maximum Gasteiger partial charge on any atom is 0.433 e. The van der Waals surface area contributed by atoms with Crippen molar-refractivity contribution in [3.63, 3.8) is 0 Å². The van der Waals surface area contributed by atoms with Gasteiger partial charge < -0.3 is 4.90 Å². The third-order valence-electron chi connectivity index (χ3n) is 4.92. The van der Waals surface area contributed by atoms with Crippen molar-refractivity contribution in [3.8, 4) is 0 Å². The zero-order valence-corrected chi connectivity index (χ0v) is 13.9. The molecule has 25 heavy (non-hydrogen) atoms. The van der Waals surface area contributed by atoms with E-state index in [-0.39, 0.29) is 23.5 Å². The van der Waals surface area contributed by atoms with E-state index in [4.69, 9.17) is 0 Å². The number of amides is 1. The number of hydrogen-bond donors (Lipinski definition) is 0. The van der Waals surface area contributed by atoms with Gasteiger partial charge in [-0.2, -0.15) is 18.3 Å². The molecule has 0 N–H and O–H groups in total. The molecule has 2 aromatic heterocycles. The number of rotatable bonds is 2. The third-order valence-corrected chi connectivity index (χ3v) is 4.92. The van der Waals surface area contributed by atoms with E-state index in [1.54, 1.807) is 6.07 Å². The third kappa shape index (κ3) is 2.98. The average molecular weight is 352 g/mol. The zero-order chi connectivity index (χ0) is 17.8. The van der Waals surface area contributed by atoms with Crippen LogP contribution in [0, 0.1) is 12.8 Å². The molecule has 2 aliphatic rings. The summed E-state index contributed by atoms with van der Waals surface area (Å²) < 4.78 is 40.8. The van der Waals surface area contributed by atoms with Crippen molar-refractivity contribution in [2.75, 3.05) is 6.54 Å². The van der Waals surface area contributed by atoms with Crippen molar-refractivity contribution in [2.45, 2.75) is 51.2 Å². The summed E-state index contributed by atoms with van der Waals surface area (Å²) in [6.45, 7) is 2.18. The van der Waals surface area contributed by atoms with Gasteiger partial charge in [0.15, 0.2) is 5.65 Å². The zero-order valence-electron chi connectivity index (χ0n) is 13.9. The van der Waals surface area contributed by atoms with E-state index in [0.29, 0.717) is 17.9 Å². The van der Waals surface area contributed by atoms with Gasteiger partial charge in [0.1, 0.15) is 5.69 Å². The maximum atomic E-state index is 13.3. The molecule has 3 heterocycles. The SMILES string of the molecule is Cc1cc(C(F)(F)F)n2nc([C@@H]3CCCCN3C(=O)C3CC3)cc2n1. The number of nitrogens with zero attached hydrogens (tertiary/aromatic N) is 4. The van der Waals surface area contributed by atoms with Crippen LogP contribution in [0.2, 0.25) is 0 Å². The van der Waals surface area contributed by atoms with Crippen LogP contribution >= 0.6 is 0 Å². The average Bonchev–Trinajstić information content (AvgIpc) is 3.32. The summed E-state index contributed by atoms with van der Waals surface area (Å²) in [5, 5.41) is 4.20. The normalized spacial score (nSPS) is 21.8. The van der Waals surface area contributed by atoms with Gasteiger partial charge in [0, 0.05) is 24.2 Å². The van der Waals surface area contributed by atoms with Crippen LogP contribution < -0.4 is 0 Å². The van der Waals surface area contributed by atoms with Gasteiger partial charge in [0.2, 0.25) is 5.91 Å². The number of fused-ring (bicyclic) bond motifs is 1. The first-order chi connectivity index (χ1) is 11.8. The Bertz CT molecular complexity index is 825. The van der Waals surface area contributed by atoms with Crippen LogP contribution in [-0.2, 0) is 11.0 Å². The van der Waals surface area contributed by atoms with E-state index in [0.717, 1.165) is 42.7 Å². The Hall–Kier alpha value is -2.12. The largest absolute Gasteiger partial charge is 0.433 e. The van der Waals surface area contributed by atoms with Crippen molar-refractivity contribution in [1.82, 2.24) is 19.5 Å². The number of likely N-dealkylation sites (tertiary alicyclic amines) is 1. The summed E-state index contributed by atoms with van der Waals surface area (Å²) in [7, 11) is 0. The molecule has 1 atom stereocenters. The summed E-state index contributed by atoms with van der Waals surface area (Å²) in [6, 6.07) is 2.33. The molecule has 0 spiro atoms. The molecule has 1 aliphatic carbocycles. The van der Waals surface area contributed by atoms with Crippen LogP contribution in [-0.4, -0.2) is 31.9 Å². The highest BCUT2D eigenvalue weighted by atomic mass is 19.4. The minimum absolute atomic E-state index is 0.0868. The lowest BCUT2D eigenvalue weighted by atomic mass is 9.99. The lowest BCUT2D eigenvalue weighted by molar-refractivity contribution is -0.143. The Morgan fingerprint density at radius 3 is 2.64 bits per heavy atom. The lowest BCUT2D eigenvalue weighted by Crippen LogP contribution is -2.39. The Morgan fingerprint density at radius 2 is 1.96 bits per heavy atom. The van der Waals surface area contributed by atoms with Gasteiger partial charge in [-0.3, -0.25) is 4.79 Å². The lowest BCUT2D eigenvalue weighted by Gasteiger charge is -2.35. The molecule has 1 saturated carbocycles. The maximum absolute atomic E-state index is 13.3. The molecule has 0 radical (unpaired) electrons. The molecule has 1 saturated heterocycles. The molecule has 2 aromatic rings. The highest BCUT2D eigenvalue weighted by Gasteiger charge is 2.39. The van der Waals surface area contributed by atoms with Crippen molar-refractivity contribution < 1.29 is 18.0 Å². The first-order valence-electron chi connectivity index (χ1n) is 8.59. The Labute approximate surface area is 142 Å². The number of alkyl halides is 3. The highest BCUT2D eigenvalue weighted by molar-refractivity contribution is 5.81. The van der Waals surface area contributed by atoms with Gasteiger partial charge in [-0.25, -0.2) is 9.50 Å². The van der Waals surface area contributed by atoms with Gasteiger partial charge in [-0.15, -0.1) is 0 Å². The fourth-order valence-corrected chi connectivity index (χ4v) is 3.55. The molecule has 1 aliphatic heterocycles. The number of aromatic nitrogens is 3. The van der Waals surface area contributed by atoms with E-state index in [1.807, 2.05) is 4.90 Å². The van der Waals surface area contributed by atoms with Crippen molar-refractivity contribution in [1.29, 1.82) is 0 Å². The molecular formula is C17H19F3N4O. The van der Waals surface area contributed by atoms with Gasteiger partial charge in [-0.05, 0) is 45.1 Å². The molecule has 5 nitrogen and oxygen atoms in total. The van der Waals surface area contributed by atoms with Gasteiger partial charge in [-0.1, -0.05) is 0 Å². The molecule has 1 amide bonds. The first-order valence-corrected chi connectivity index (χ1v) is 8.59. The van der Waals surface area contributed by atoms with Gasteiger partial charge >= 0.3 is 6.18 Å². The van der Waals surface area contributed by atoms with Crippen LogP contribution in [0.15, 0.2) is 12.1 Å². The van der Waals surface area contributed by atoms with Crippen molar-refractivity contribution in [2.24, 2.45) is 5.92 Å². The molecule has 0 bridgehead atoms. The van der Waals surface area contributed by atoms with Gasteiger partial charge in [0.25, 0.3) is 0 Å². The van der Waals surface area contributed by atoms with Crippen molar-refractivity contribution >= 4 is 11.6 Å². The molecule has 0 unspecified atom stereocenters. The first kappa shape index (κ1) is 16.4. The van der Waals surface area contributed by atoms with E-state index in [2.05, 4.69) is 10.1 Å². The number of carbonyl (C=O) groups excluding carboxylic acids is 1. The Balaban J connectivity index is 1.76. The molecule has 8 heteroatoms. The second-order valence-corrected chi connectivity index (χ2v) is 6.94. The molecule has 2 fully saturated rings. The number of piperidine rings is 1. The molecular weight excluding hydrogens is 333 g/mol. The number of carbonyl (C=O) groups is 1. The predicted octanol–water partition coefficient (Wildman–Crippen LogP) is 3.52. The fraction of sp³-hybridized carbons (Fsp3) is 0.588. The minimum Gasteiger partial charge on any atom is -0.334 e. The molecule has 0 aromatic carbocycles. The summed E-state index contributed by atoms with van der Waals surface area (Å²) >= 11 is 0. The number of halogens is 3. The summed E-state index contributed by atoms with van der Waals surface area (Å²) in [5.41, 5.74) is 0.127. The Kier molecular flexibility index (Phi) is 3.73. The second kappa shape index (κ2) is 5.71. The van der Waals surface area contributed by atoms with E-state index in [9.17, 15) is 18.0 Å². The smallest absolute Gasteiger partial charge is 0.334 e. The van der Waals surface area contributed by atoms with Crippen LogP contribution in [0.1, 0.15) is 55.2 Å². The second-order valence-electron chi connectivity index (χ2n) is 6.94. The van der Waals surface area contributed by atoms with Crippen LogP contribution in [0.3, 0.4) is 0 Å². The Morgan fingerprint density at radius 1 is 1.20 bits per heavy atom. The quantitative estimate of drug-likeness (QED) is 0.831.